The van der Waals surface area contributed by atoms with E-state index in [1.165, 1.54) is 12.1 Å². The van der Waals surface area contributed by atoms with Crippen LogP contribution < -0.4 is 0 Å². The molecule has 0 aliphatic carbocycles. The van der Waals surface area contributed by atoms with Gasteiger partial charge in [-0.25, -0.2) is 16.8 Å². The van der Waals surface area contributed by atoms with Gasteiger partial charge in [-0.15, -0.1) is 0 Å². The number of benzene rings is 4. The Balaban J connectivity index is 0.000000224. The summed E-state index contributed by atoms with van der Waals surface area (Å²) in [4.78, 5) is 31.9. The van der Waals surface area contributed by atoms with E-state index in [4.69, 9.17) is 0 Å². The van der Waals surface area contributed by atoms with Crippen molar-refractivity contribution in [2.24, 2.45) is 0 Å². The van der Waals surface area contributed by atoms with Crippen LogP contribution in [0.5, 0.6) is 0 Å². The lowest BCUT2D eigenvalue weighted by atomic mass is 9.91. The van der Waals surface area contributed by atoms with Crippen LogP contribution in [-0.4, -0.2) is 81.2 Å². The number of sulfonamides is 2. The first kappa shape index (κ1) is 42.6. The van der Waals surface area contributed by atoms with Gasteiger partial charge < -0.3 is 4.18 Å². The summed E-state index contributed by atoms with van der Waals surface area (Å²) in [5.41, 5.74) is -4.81. The second kappa shape index (κ2) is 16.9. The van der Waals surface area contributed by atoms with Gasteiger partial charge in [-0.05, 0) is 41.5 Å². The minimum absolute atomic E-state index is 0.0559. The molecule has 0 N–H and O–H groups in total. The van der Waals surface area contributed by atoms with Crippen LogP contribution in [0.25, 0.3) is 0 Å². The van der Waals surface area contributed by atoms with Gasteiger partial charge >= 0.3 is 15.6 Å². The Morgan fingerprint density at radius 3 is 1.51 bits per heavy atom. The molecule has 6 rings (SSSR count). The number of ketones is 1. The molecule has 0 bridgehead atoms. The van der Waals surface area contributed by atoms with Crippen molar-refractivity contribution in [3.63, 3.8) is 0 Å². The SMILES string of the molecule is O=C1CC(c2ccccc2)CN(S(=O)(=O)c2ccc([N+](=O)[O-])cc2)C1.O=[N+]([O-])c1ccc(S(=O)(=O)N2CC(OS(=O)(=O)C(F)(F)F)=CC(c3ccccc3)C2)cc1. The van der Waals surface area contributed by atoms with Crippen molar-refractivity contribution >= 4 is 47.3 Å². The zero-order valence-electron chi connectivity index (χ0n) is 29.2. The zero-order valence-corrected chi connectivity index (χ0v) is 31.7. The number of rotatable bonds is 10. The van der Waals surface area contributed by atoms with Gasteiger partial charge in [0.05, 0.1) is 32.7 Å². The standard InChI is InChI=1S/C18H15F3N2O7S2.C17H16N2O5S/c19-18(20,21)32(28,29)30-16-10-14(13-4-2-1-3-5-13)11-22(12-16)31(26,27)17-8-6-15(7-9-17)23(24)25;20-16-10-14(13-4-2-1-3-5-13)11-18(12-16)25(23,24)17-8-6-15(7-9-17)19(21)22/h1-10,14H,11-12H2;1-9,14H,10-12H2. The Hall–Kier alpha value is -5.55. The third kappa shape index (κ3) is 10.1. The van der Waals surface area contributed by atoms with Crippen molar-refractivity contribution in [2.75, 3.05) is 26.2 Å². The van der Waals surface area contributed by atoms with E-state index in [-0.39, 0.29) is 52.5 Å². The van der Waals surface area contributed by atoms with Gasteiger partial charge in [0.1, 0.15) is 11.5 Å². The number of nitro groups is 2. The van der Waals surface area contributed by atoms with Crippen molar-refractivity contribution in [1.29, 1.82) is 0 Å². The van der Waals surface area contributed by atoms with Gasteiger partial charge in [-0.1, -0.05) is 60.7 Å². The first-order valence-electron chi connectivity index (χ1n) is 16.5. The van der Waals surface area contributed by atoms with Crippen LogP contribution in [0.2, 0.25) is 0 Å². The van der Waals surface area contributed by atoms with Crippen molar-refractivity contribution < 1.29 is 57.2 Å². The van der Waals surface area contributed by atoms with Crippen LogP contribution in [0.3, 0.4) is 0 Å². The number of halogens is 3. The van der Waals surface area contributed by atoms with Crippen LogP contribution in [0.1, 0.15) is 29.4 Å². The Kier molecular flexibility index (Phi) is 12.6. The molecular weight excluding hydrogens is 822 g/mol. The van der Waals surface area contributed by atoms with E-state index >= 15 is 0 Å². The van der Waals surface area contributed by atoms with Gasteiger partial charge in [0.15, 0.2) is 0 Å². The number of piperidine rings is 1. The molecule has 16 nitrogen and oxygen atoms in total. The van der Waals surface area contributed by atoms with Gasteiger partial charge in [-0.2, -0.15) is 30.2 Å². The fourth-order valence-electron chi connectivity index (χ4n) is 5.94. The minimum Gasteiger partial charge on any atom is -0.379 e. The number of hydrogen-bond donors (Lipinski definition) is 0. The molecule has 2 heterocycles. The molecule has 2 aliphatic heterocycles. The average Bonchev–Trinajstić information content (AvgIpc) is 3.18. The Morgan fingerprint density at radius 1 is 0.632 bits per heavy atom. The molecule has 0 saturated carbocycles. The second-order valence-corrected chi connectivity index (χ2v) is 18.0. The number of carbonyl (C=O) groups is 1. The van der Waals surface area contributed by atoms with Crippen molar-refractivity contribution in [3.05, 3.63) is 152 Å². The van der Waals surface area contributed by atoms with E-state index in [9.17, 15) is 63.4 Å². The van der Waals surface area contributed by atoms with Gasteiger partial charge in [0.25, 0.3) is 11.4 Å². The molecule has 57 heavy (non-hydrogen) atoms. The molecule has 2 unspecified atom stereocenters. The summed E-state index contributed by atoms with van der Waals surface area (Å²) in [7, 11) is -14.3. The predicted molar refractivity (Wildman–Crippen MR) is 196 cm³/mol. The number of Topliss-reactive ketones (excluding diaryl/α,β-unsaturated/α-hetero) is 1. The summed E-state index contributed by atoms with van der Waals surface area (Å²) >= 11 is 0. The third-order valence-electron chi connectivity index (χ3n) is 8.74. The summed E-state index contributed by atoms with van der Waals surface area (Å²) in [5, 5.41) is 21.5. The maximum absolute atomic E-state index is 13.1. The van der Waals surface area contributed by atoms with Crippen LogP contribution in [0, 0.1) is 20.2 Å². The van der Waals surface area contributed by atoms with E-state index in [1.54, 1.807) is 30.3 Å². The van der Waals surface area contributed by atoms with Crippen LogP contribution in [0.4, 0.5) is 24.5 Å². The molecule has 4 aromatic carbocycles. The summed E-state index contributed by atoms with van der Waals surface area (Å²) in [6, 6.07) is 26.0. The van der Waals surface area contributed by atoms with E-state index in [0.717, 1.165) is 56.6 Å². The largest absolute Gasteiger partial charge is 0.534 e. The quantitative estimate of drug-likeness (QED) is 0.0838. The maximum Gasteiger partial charge on any atom is 0.534 e. The number of alkyl halides is 3. The molecule has 2 aliphatic rings. The maximum atomic E-state index is 13.1. The fourth-order valence-corrected chi connectivity index (χ4v) is 9.32. The first-order chi connectivity index (χ1) is 26.7. The molecular formula is C35H31F3N4O12S3. The van der Waals surface area contributed by atoms with Crippen LogP contribution >= 0.6 is 0 Å². The van der Waals surface area contributed by atoms with E-state index < -0.39 is 63.7 Å². The lowest BCUT2D eigenvalue weighted by molar-refractivity contribution is -0.385. The smallest absolute Gasteiger partial charge is 0.379 e. The number of hydrogen-bond acceptors (Lipinski definition) is 12. The number of carbonyl (C=O) groups excluding carboxylic acids is 1. The molecule has 1 fully saturated rings. The van der Waals surface area contributed by atoms with Gasteiger partial charge in [0.2, 0.25) is 20.0 Å². The third-order valence-corrected chi connectivity index (χ3v) is 13.4. The monoisotopic (exact) mass is 852 g/mol. The minimum atomic E-state index is -6.02. The fraction of sp³-hybridized carbons (Fsp3) is 0.229. The van der Waals surface area contributed by atoms with Crippen molar-refractivity contribution in [2.45, 2.75) is 33.6 Å². The molecule has 302 valence electrons. The number of non-ortho nitro benzene ring substituents is 2. The summed E-state index contributed by atoms with van der Waals surface area (Å²) in [5.74, 6) is -1.87. The first-order valence-corrected chi connectivity index (χ1v) is 20.8. The predicted octanol–water partition coefficient (Wildman–Crippen LogP) is 5.48. The molecule has 0 radical (unpaired) electrons. The highest BCUT2D eigenvalue weighted by Gasteiger charge is 2.49. The number of nitrogens with zero attached hydrogens (tertiary/aromatic N) is 4. The Labute approximate surface area is 324 Å². The van der Waals surface area contributed by atoms with E-state index in [1.807, 2.05) is 30.3 Å². The second-order valence-electron chi connectivity index (χ2n) is 12.6. The van der Waals surface area contributed by atoms with Crippen molar-refractivity contribution in [1.82, 2.24) is 8.61 Å². The highest BCUT2D eigenvalue weighted by atomic mass is 32.2. The number of nitro benzene ring substituents is 2. The molecule has 2 atom stereocenters. The normalized spacial score (nSPS) is 18.4. The van der Waals surface area contributed by atoms with E-state index in [2.05, 4.69) is 4.18 Å². The lowest BCUT2D eigenvalue weighted by Crippen LogP contribution is -2.43. The van der Waals surface area contributed by atoms with Gasteiger partial charge in [-0.3, -0.25) is 25.0 Å². The Bertz CT molecular complexity index is 2490. The van der Waals surface area contributed by atoms with Crippen LogP contribution in [0.15, 0.2) is 131 Å². The summed E-state index contributed by atoms with van der Waals surface area (Å²) < 4.78 is 119. The molecule has 0 aromatic heterocycles. The molecule has 4 aromatic rings. The molecule has 0 amide bonds. The molecule has 1 saturated heterocycles. The van der Waals surface area contributed by atoms with Crippen molar-refractivity contribution in [3.8, 4) is 0 Å². The lowest BCUT2D eigenvalue weighted by Gasteiger charge is -2.31. The molecule has 0 spiro atoms. The summed E-state index contributed by atoms with van der Waals surface area (Å²) in [6.45, 7) is -0.974. The summed E-state index contributed by atoms with van der Waals surface area (Å²) in [6.07, 6.45) is 1.43. The topological polar surface area (TPSA) is 221 Å². The van der Waals surface area contributed by atoms with E-state index in [0.29, 0.717) is 12.0 Å². The molecule has 22 heteroatoms. The highest BCUT2D eigenvalue weighted by molar-refractivity contribution is 7.89. The van der Waals surface area contributed by atoms with Gasteiger partial charge in [0, 0.05) is 55.6 Å². The van der Waals surface area contributed by atoms with Crippen LogP contribution in [-0.2, 0) is 39.1 Å². The average molecular weight is 853 g/mol. The zero-order chi connectivity index (χ0) is 41.8. The Morgan fingerprint density at radius 2 is 1.07 bits per heavy atom. The highest BCUT2D eigenvalue weighted by Crippen LogP contribution is 2.34.